The van der Waals surface area contributed by atoms with Gasteiger partial charge in [-0.25, -0.2) is 23.0 Å². The molecule has 0 aromatic carbocycles. The van der Waals surface area contributed by atoms with Crippen LogP contribution in [0.25, 0.3) is 0 Å². The molecule has 1 aromatic heterocycles. The smallest absolute Gasteiger partial charge is 0.352 e. The van der Waals surface area contributed by atoms with Gasteiger partial charge in [0, 0.05) is 11.5 Å². The van der Waals surface area contributed by atoms with Crippen molar-refractivity contribution in [3.05, 3.63) is 35.1 Å². The maximum absolute atomic E-state index is 12.9. The largest absolute Gasteiger partial charge is 0.477 e. The Morgan fingerprint density at radius 2 is 2.14 bits per heavy atom. The fourth-order valence-corrected chi connectivity index (χ4v) is 6.70. The molecule has 0 radical (unpaired) electrons. The predicted octanol–water partition coefficient (Wildman–Crippen LogP) is -1.60. The summed E-state index contributed by atoms with van der Waals surface area (Å²) in [5.74, 6) is -2.18. The van der Waals surface area contributed by atoms with E-state index in [4.69, 9.17) is 10.9 Å². The van der Waals surface area contributed by atoms with Gasteiger partial charge >= 0.3 is 5.97 Å². The molecule has 194 valence electrons. The van der Waals surface area contributed by atoms with Gasteiger partial charge in [0.05, 0.1) is 12.3 Å². The van der Waals surface area contributed by atoms with Crippen LogP contribution in [0, 0.1) is 0 Å². The number of aromatic nitrogens is 4. The molecular formula is C19H24N8O6S3. The number of nitrogens with one attached hydrogen (secondary N) is 1. The highest BCUT2D eigenvalue weighted by Gasteiger charge is 2.54. The number of hydrogen-bond acceptors (Lipinski definition) is 11. The van der Waals surface area contributed by atoms with E-state index in [0.29, 0.717) is 24.2 Å². The minimum absolute atomic E-state index is 0.0584. The van der Waals surface area contributed by atoms with Crippen LogP contribution in [0.2, 0.25) is 0 Å². The maximum atomic E-state index is 12.9. The van der Waals surface area contributed by atoms with Gasteiger partial charge in [-0.15, -0.1) is 16.9 Å². The summed E-state index contributed by atoms with van der Waals surface area (Å²) in [5, 5.41) is 28.3. The molecule has 3 heterocycles. The van der Waals surface area contributed by atoms with Gasteiger partial charge in [0.25, 0.3) is 5.91 Å². The Hall–Kier alpha value is -2.73. The lowest BCUT2D eigenvalue weighted by Gasteiger charge is -2.49. The molecule has 1 saturated heterocycles. The number of sulfonamides is 1. The monoisotopic (exact) mass is 556 g/mol. The zero-order chi connectivity index (χ0) is 26.0. The number of carbonyl (C=O) groups is 3. The van der Waals surface area contributed by atoms with Gasteiger partial charge < -0.3 is 16.2 Å². The number of allylic oxidation sites excluding steroid dienone is 3. The number of aliphatic carboxylic acids is 1. The van der Waals surface area contributed by atoms with Crippen molar-refractivity contribution in [2.45, 2.75) is 42.0 Å². The highest BCUT2D eigenvalue weighted by molar-refractivity contribution is 8.01. The molecule has 1 aliphatic carbocycles. The summed E-state index contributed by atoms with van der Waals surface area (Å²) in [7, 11) is -3.71. The first-order chi connectivity index (χ1) is 17.1. The summed E-state index contributed by atoms with van der Waals surface area (Å²) in [6, 6.07) is -1.76. The zero-order valence-corrected chi connectivity index (χ0v) is 21.3. The molecule has 3 atom stereocenters. The summed E-state index contributed by atoms with van der Waals surface area (Å²) < 4.78 is 23.7. The van der Waals surface area contributed by atoms with Crippen LogP contribution in [0.3, 0.4) is 0 Å². The number of amides is 2. The number of carboxylic acid groups (broad SMARTS) is 1. The highest BCUT2D eigenvalue weighted by Crippen LogP contribution is 2.41. The molecule has 14 nitrogen and oxygen atoms in total. The van der Waals surface area contributed by atoms with Crippen molar-refractivity contribution < 1.29 is 27.9 Å². The van der Waals surface area contributed by atoms with Crippen LogP contribution in [-0.2, 0) is 31.0 Å². The SMILES string of the molecule is NC(C(=O)NC1C(=O)N2C(C(=O)O)=C(CSc3nnnn3CCS(N)(=O)=O)CS[C@H]12)C1=CCC=CC1. The molecule has 2 amide bonds. The summed E-state index contributed by atoms with van der Waals surface area (Å²) in [6.07, 6.45) is 7.04. The molecule has 0 saturated carbocycles. The molecule has 6 N–H and O–H groups in total. The molecule has 17 heteroatoms. The van der Waals surface area contributed by atoms with Gasteiger partial charge in [-0.05, 0) is 34.4 Å². The number of hydrogen-bond donors (Lipinski definition) is 4. The van der Waals surface area contributed by atoms with E-state index in [1.165, 1.54) is 21.3 Å². The minimum Gasteiger partial charge on any atom is -0.477 e. The second kappa shape index (κ2) is 10.7. The third kappa shape index (κ3) is 5.64. The zero-order valence-electron chi connectivity index (χ0n) is 18.8. The number of nitrogens with zero attached hydrogens (tertiary/aromatic N) is 5. The average molecular weight is 557 g/mol. The normalized spacial score (nSPS) is 22.6. The number of nitrogens with two attached hydrogens (primary N) is 2. The molecule has 2 unspecified atom stereocenters. The summed E-state index contributed by atoms with van der Waals surface area (Å²) in [6.45, 7) is -0.0584. The van der Waals surface area contributed by atoms with Crippen molar-refractivity contribution in [1.29, 1.82) is 0 Å². The number of rotatable bonds is 10. The second-order valence-corrected chi connectivity index (χ2v) is 11.9. The summed E-state index contributed by atoms with van der Waals surface area (Å²) in [5.41, 5.74) is 7.17. The molecule has 0 spiro atoms. The van der Waals surface area contributed by atoms with E-state index in [-0.39, 0.29) is 28.9 Å². The van der Waals surface area contributed by atoms with Gasteiger partial charge in [-0.2, -0.15) is 0 Å². The third-order valence-corrected chi connectivity index (χ3v) is 8.86. The Morgan fingerprint density at radius 1 is 1.36 bits per heavy atom. The number of tetrazole rings is 1. The highest BCUT2D eigenvalue weighted by atomic mass is 32.2. The maximum Gasteiger partial charge on any atom is 0.352 e. The molecule has 4 rings (SSSR count). The molecule has 36 heavy (non-hydrogen) atoms. The number of carbonyl (C=O) groups excluding carboxylic acids is 2. The van der Waals surface area contributed by atoms with E-state index in [0.717, 1.165) is 17.3 Å². The van der Waals surface area contributed by atoms with Crippen LogP contribution in [-0.4, -0.2) is 91.1 Å². The molecular weight excluding hydrogens is 532 g/mol. The number of β-lactam (4-membered cyclic amide) rings is 1. The fraction of sp³-hybridized carbons (Fsp3) is 0.474. The van der Waals surface area contributed by atoms with E-state index in [9.17, 15) is 27.9 Å². The van der Waals surface area contributed by atoms with Gasteiger partial charge in [0.2, 0.25) is 21.1 Å². The van der Waals surface area contributed by atoms with E-state index in [1.54, 1.807) is 0 Å². The Bertz CT molecular complexity index is 1270. The van der Waals surface area contributed by atoms with Crippen LogP contribution in [0.4, 0.5) is 0 Å². The Balaban J connectivity index is 1.42. The third-order valence-electron chi connectivity index (χ3n) is 5.73. The van der Waals surface area contributed by atoms with E-state index in [1.807, 2.05) is 18.2 Å². The van der Waals surface area contributed by atoms with E-state index >= 15 is 0 Å². The second-order valence-electron chi connectivity index (χ2n) is 8.16. The summed E-state index contributed by atoms with van der Waals surface area (Å²) >= 11 is 2.45. The van der Waals surface area contributed by atoms with Crippen LogP contribution in [0.5, 0.6) is 0 Å². The van der Waals surface area contributed by atoms with Crippen molar-refractivity contribution >= 4 is 51.3 Å². The van der Waals surface area contributed by atoms with Crippen molar-refractivity contribution in [1.82, 2.24) is 30.4 Å². The van der Waals surface area contributed by atoms with Crippen molar-refractivity contribution in [2.24, 2.45) is 10.9 Å². The van der Waals surface area contributed by atoms with Crippen LogP contribution in [0.1, 0.15) is 12.8 Å². The molecule has 1 aromatic rings. The van der Waals surface area contributed by atoms with Crippen LogP contribution < -0.4 is 16.2 Å². The number of carboxylic acids is 1. The van der Waals surface area contributed by atoms with Crippen molar-refractivity contribution in [2.75, 3.05) is 17.3 Å². The van der Waals surface area contributed by atoms with Crippen molar-refractivity contribution in [3.8, 4) is 0 Å². The van der Waals surface area contributed by atoms with Gasteiger partial charge in [-0.3, -0.25) is 14.5 Å². The van der Waals surface area contributed by atoms with Crippen LogP contribution >= 0.6 is 23.5 Å². The van der Waals surface area contributed by atoms with Gasteiger partial charge in [0.1, 0.15) is 23.2 Å². The number of primary sulfonamides is 1. The van der Waals surface area contributed by atoms with E-state index < -0.39 is 45.3 Å². The first kappa shape index (κ1) is 26.3. The Morgan fingerprint density at radius 3 is 2.81 bits per heavy atom. The lowest BCUT2D eigenvalue weighted by Crippen LogP contribution is -2.71. The molecule has 2 aliphatic heterocycles. The molecule has 3 aliphatic rings. The van der Waals surface area contributed by atoms with Gasteiger partial charge in [0.15, 0.2) is 0 Å². The minimum atomic E-state index is -3.71. The number of fused-ring (bicyclic) bond motifs is 1. The lowest BCUT2D eigenvalue weighted by molar-refractivity contribution is -0.150. The van der Waals surface area contributed by atoms with Crippen LogP contribution in [0.15, 0.2) is 40.2 Å². The van der Waals surface area contributed by atoms with Gasteiger partial charge in [-0.1, -0.05) is 30.0 Å². The quantitative estimate of drug-likeness (QED) is 0.145. The first-order valence-electron chi connectivity index (χ1n) is 10.8. The predicted molar refractivity (Wildman–Crippen MR) is 131 cm³/mol. The topological polar surface area (TPSA) is 216 Å². The Kier molecular flexibility index (Phi) is 7.84. The Labute approximate surface area is 214 Å². The summed E-state index contributed by atoms with van der Waals surface area (Å²) in [4.78, 5) is 38.8. The standard InChI is InChI=1S/C19H24N8O6S3/c20-12(10-4-2-1-3-5-10)15(28)22-13-16(29)27-14(18(30)31)11(8-34-17(13)27)9-35-19-23-24-25-26(19)6-7-36(21,32)33/h1-2,5,12-13,17H,3-4,6-9,20H2,(H,22,28)(H,30,31)(H2,21,32,33)/t12?,13?,17-/m1/s1. The molecule has 0 bridgehead atoms. The van der Waals surface area contributed by atoms with E-state index in [2.05, 4.69) is 20.8 Å². The fourth-order valence-electron chi connectivity index (χ4n) is 3.88. The van der Waals surface area contributed by atoms with Crippen molar-refractivity contribution in [3.63, 3.8) is 0 Å². The number of thioether (sulfide) groups is 2. The first-order valence-corrected chi connectivity index (χ1v) is 14.5. The molecule has 1 fully saturated rings. The lowest BCUT2D eigenvalue weighted by atomic mass is 9.97. The average Bonchev–Trinajstić information content (AvgIpc) is 3.30. The number of aryl methyl sites for hydroxylation is 1.